The largest absolute Gasteiger partial charge is 0.493 e. The Bertz CT molecular complexity index is 808. The lowest BCUT2D eigenvalue weighted by atomic mass is 10.0. The SMILES string of the molecule is CCCOc1cc([N+](=O)[O-])ccc1-c1cccc(C(=O)OC(C)(C)C)c1. The van der Waals surface area contributed by atoms with Gasteiger partial charge in [0.15, 0.2) is 0 Å². The van der Waals surface area contributed by atoms with E-state index < -0.39 is 16.5 Å². The number of carbonyl (C=O) groups is 1. The van der Waals surface area contributed by atoms with Crippen molar-refractivity contribution in [2.24, 2.45) is 0 Å². The van der Waals surface area contributed by atoms with Crippen LogP contribution in [-0.2, 0) is 4.74 Å². The van der Waals surface area contributed by atoms with Gasteiger partial charge in [0.1, 0.15) is 11.4 Å². The number of non-ortho nitro benzene ring substituents is 1. The van der Waals surface area contributed by atoms with Crippen LogP contribution in [0.2, 0.25) is 0 Å². The summed E-state index contributed by atoms with van der Waals surface area (Å²) in [5.41, 5.74) is 1.21. The Morgan fingerprint density at radius 1 is 1.15 bits per heavy atom. The summed E-state index contributed by atoms with van der Waals surface area (Å²) in [4.78, 5) is 22.9. The average molecular weight is 357 g/mol. The minimum atomic E-state index is -0.587. The molecule has 0 aliphatic heterocycles. The summed E-state index contributed by atoms with van der Waals surface area (Å²) in [5, 5.41) is 11.0. The van der Waals surface area contributed by atoms with Crippen molar-refractivity contribution in [2.75, 3.05) is 6.61 Å². The van der Waals surface area contributed by atoms with Crippen molar-refractivity contribution in [3.05, 3.63) is 58.1 Å². The monoisotopic (exact) mass is 357 g/mol. The number of nitro groups is 1. The van der Waals surface area contributed by atoms with Crippen molar-refractivity contribution in [3.8, 4) is 16.9 Å². The standard InChI is InChI=1S/C20H23NO5/c1-5-11-25-18-13-16(21(23)24)9-10-17(18)14-7-6-8-15(12-14)19(22)26-20(2,3)4/h6-10,12-13H,5,11H2,1-4H3. The molecule has 2 aromatic rings. The molecule has 0 aromatic heterocycles. The minimum absolute atomic E-state index is 0.0388. The highest BCUT2D eigenvalue weighted by atomic mass is 16.6. The second-order valence-electron chi connectivity index (χ2n) is 6.87. The van der Waals surface area contributed by atoms with Crippen LogP contribution in [0.4, 0.5) is 5.69 Å². The second-order valence-corrected chi connectivity index (χ2v) is 6.87. The van der Waals surface area contributed by atoms with Gasteiger partial charge in [-0.3, -0.25) is 10.1 Å². The molecular weight excluding hydrogens is 334 g/mol. The number of nitrogens with zero attached hydrogens (tertiary/aromatic N) is 1. The predicted molar refractivity (Wildman–Crippen MR) is 99.5 cm³/mol. The van der Waals surface area contributed by atoms with E-state index in [1.165, 1.54) is 12.1 Å². The van der Waals surface area contributed by atoms with Crippen LogP contribution in [0.25, 0.3) is 11.1 Å². The molecule has 26 heavy (non-hydrogen) atoms. The first-order valence-corrected chi connectivity index (χ1v) is 8.46. The molecule has 0 heterocycles. The van der Waals surface area contributed by atoms with E-state index in [1.807, 2.05) is 33.8 Å². The van der Waals surface area contributed by atoms with Crippen LogP contribution in [0.1, 0.15) is 44.5 Å². The summed E-state index contributed by atoms with van der Waals surface area (Å²) in [7, 11) is 0. The van der Waals surface area contributed by atoms with Gasteiger partial charge in [-0.1, -0.05) is 19.1 Å². The number of hydrogen-bond acceptors (Lipinski definition) is 5. The predicted octanol–water partition coefficient (Wildman–Crippen LogP) is 5.01. The van der Waals surface area contributed by atoms with Gasteiger partial charge in [-0.15, -0.1) is 0 Å². The first kappa shape index (κ1) is 19.4. The Kier molecular flexibility index (Phi) is 5.97. The van der Waals surface area contributed by atoms with Gasteiger partial charge in [0.25, 0.3) is 5.69 Å². The molecule has 0 aliphatic rings. The van der Waals surface area contributed by atoms with Gasteiger partial charge in [-0.05, 0) is 51.0 Å². The van der Waals surface area contributed by atoms with Crippen molar-refractivity contribution in [1.82, 2.24) is 0 Å². The Hall–Kier alpha value is -2.89. The fourth-order valence-corrected chi connectivity index (χ4v) is 2.35. The number of benzene rings is 2. The van der Waals surface area contributed by atoms with Gasteiger partial charge in [-0.25, -0.2) is 4.79 Å². The van der Waals surface area contributed by atoms with Gasteiger partial charge in [0.05, 0.1) is 23.2 Å². The molecule has 6 nitrogen and oxygen atoms in total. The number of rotatable bonds is 6. The fraction of sp³-hybridized carbons (Fsp3) is 0.350. The van der Waals surface area contributed by atoms with E-state index in [0.717, 1.165) is 12.0 Å². The zero-order valence-electron chi connectivity index (χ0n) is 15.4. The van der Waals surface area contributed by atoms with Crippen LogP contribution in [0.15, 0.2) is 42.5 Å². The molecule has 0 fully saturated rings. The average Bonchev–Trinajstić information content (AvgIpc) is 2.58. The van der Waals surface area contributed by atoms with Crippen molar-refractivity contribution in [3.63, 3.8) is 0 Å². The van der Waals surface area contributed by atoms with Crippen molar-refractivity contribution >= 4 is 11.7 Å². The molecule has 0 aliphatic carbocycles. The van der Waals surface area contributed by atoms with Crippen LogP contribution >= 0.6 is 0 Å². The third kappa shape index (κ3) is 5.05. The number of nitro benzene ring substituents is 1. The van der Waals surface area contributed by atoms with Gasteiger partial charge in [0.2, 0.25) is 0 Å². The summed E-state index contributed by atoms with van der Waals surface area (Å²) in [6.07, 6.45) is 0.778. The topological polar surface area (TPSA) is 78.7 Å². The van der Waals surface area contributed by atoms with Crippen molar-refractivity contribution in [1.29, 1.82) is 0 Å². The Balaban J connectivity index is 2.42. The van der Waals surface area contributed by atoms with Crippen molar-refractivity contribution < 1.29 is 19.2 Å². The fourth-order valence-electron chi connectivity index (χ4n) is 2.35. The molecule has 0 amide bonds. The third-order valence-electron chi connectivity index (χ3n) is 3.45. The van der Waals surface area contributed by atoms with Gasteiger partial charge < -0.3 is 9.47 Å². The van der Waals surface area contributed by atoms with Gasteiger partial charge in [0, 0.05) is 11.6 Å². The van der Waals surface area contributed by atoms with E-state index in [-0.39, 0.29) is 5.69 Å². The summed E-state index contributed by atoms with van der Waals surface area (Å²) < 4.78 is 11.1. The van der Waals surface area contributed by atoms with E-state index in [4.69, 9.17) is 9.47 Å². The molecule has 2 aromatic carbocycles. The van der Waals surface area contributed by atoms with Crippen molar-refractivity contribution in [2.45, 2.75) is 39.7 Å². The Labute approximate surface area is 152 Å². The quantitative estimate of drug-likeness (QED) is 0.413. The number of ether oxygens (including phenoxy) is 2. The van der Waals surface area contributed by atoms with E-state index in [9.17, 15) is 14.9 Å². The summed E-state index contributed by atoms with van der Waals surface area (Å²) in [6, 6.07) is 11.4. The van der Waals surface area contributed by atoms with Crippen LogP contribution in [-0.4, -0.2) is 23.1 Å². The zero-order valence-corrected chi connectivity index (χ0v) is 15.4. The molecule has 0 saturated heterocycles. The molecule has 0 unspecified atom stereocenters. The zero-order chi connectivity index (χ0) is 19.3. The smallest absolute Gasteiger partial charge is 0.338 e. The third-order valence-corrected chi connectivity index (χ3v) is 3.45. The number of esters is 1. The summed E-state index contributed by atoms with van der Waals surface area (Å²) in [5.74, 6) is -0.000299. The second kappa shape index (κ2) is 7.99. The lowest BCUT2D eigenvalue weighted by Crippen LogP contribution is -2.23. The van der Waals surface area contributed by atoms with Crippen LogP contribution in [0.5, 0.6) is 5.75 Å². The summed E-state index contributed by atoms with van der Waals surface area (Å²) >= 11 is 0. The normalized spacial score (nSPS) is 11.1. The van der Waals surface area contributed by atoms with Crippen LogP contribution in [0, 0.1) is 10.1 Å². The Morgan fingerprint density at radius 3 is 2.50 bits per heavy atom. The maximum absolute atomic E-state index is 12.3. The van der Waals surface area contributed by atoms with Crippen LogP contribution < -0.4 is 4.74 Å². The molecule has 0 spiro atoms. The van der Waals surface area contributed by atoms with E-state index >= 15 is 0 Å². The molecule has 0 atom stereocenters. The minimum Gasteiger partial charge on any atom is -0.493 e. The van der Waals surface area contributed by atoms with E-state index in [2.05, 4.69) is 0 Å². The summed E-state index contributed by atoms with van der Waals surface area (Å²) in [6.45, 7) is 7.82. The molecule has 6 heteroatoms. The molecule has 2 rings (SSSR count). The molecule has 0 N–H and O–H groups in total. The van der Waals surface area contributed by atoms with Crippen LogP contribution in [0.3, 0.4) is 0 Å². The van der Waals surface area contributed by atoms with Gasteiger partial charge in [-0.2, -0.15) is 0 Å². The molecular formula is C20H23NO5. The van der Waals surface area contributed by atoms with E-state index in [1.54, 1.807) is 24.3 Å². The number of hydrogen-bond donors (Lipinski definition) is 0. The molecule has 0 bridgehead atoms. The highest BCUT2D eigenvalue weighted by Gasteiger charge is 2.19. The first-order chi connectivity index (χ1) is 12.2. The highest BCUT2D eigenvalue weighted by Crippen LogP contribution is 2.34. The molecule has 138 valence electrons. The highest BCUT2D eigenvalue weighted by molar-refractivity contribution is 5.91. The molecule has 0 radical (unpaired) electrons. The maximum atomic E-state index is 12.3. The lowest BCUT2D eigenvalue weighted by molar-refractivity contribution is -0.384. The van der Waals surface area contributed by atoms with Gasteiger partial charge >= 0.3 is 5.97 Å². The maximum Gasteiger partial charge on any atom is 0.338 e. The lowest BCUT2D eigenvalue weighted by Gasteiger charge is -2.19. The Morgan fingerprint density at radius 2 is 1.88 bits per heavy atom. The molecule has 0 saturated carbocycles. The first-order valence-electron chi connectivity index (χ1n) is 8.46. The van der Waals surface area contributed by atoms with E-state index in [0.29, 0.717) is 23.5 Å². The number of carbonyl (C=O) groups excluding carboxylic acids is 1.